The summed E-state index contributed by atoms with van der Waals surface area (Å²) >= 11 is 0. The monoisotopic (exact) mass is 248 g/mol. The van der Waals surface area contributed by atoms with Crippen molar-refractivity contribution in [3.8, 4) is 0 Å². The van der Waals surface area contributed by atoms with Crippen molar-refractivity contribution < 1.29 is 9.21 Å². The molecule has 2 aliphatic heterocycles. The molecule has 4 nitrogen and oxygen atoms in total. The van der Waals surface area contributed by atoms with E-state index < -0.39 is 0 Å². The highest BCUT2D eigenvalue weighted by molar-refractivity contribution is 5.95. The van der Waals surface area contributed by atoms with Gasteiger partial charge in [0.1, 0.15) is 5.76 Å². The fraction of sp³-hybridized carbons (Fsp3) is 0.643. The van der Waals surface area contributed by atoms with E-state index in [1.807, 2.05) is 11.8 Å². The van der Waals surface area contributed by atoms with Crippen LogP contribution in [-0.4, -0.2) is 36.5 Å². The third-order valence-electron chi connectivity index (χ3n) is 4.49. The molecule has 1 aromatic rings. The lowest BCUT2D eigenvalue weighted by molar-refractivity contribution is 0.0726. The zero-order valence-electron chi connectivity index (χ0n) is 11.0. The van der Waals surface area contributed by atoms with Gasteiger partial charge in [0.15, 0.2) is 0 Å². The number of furan rings is 1. The van der Waals surface area contributed by atoms with Crippen LogP contribution in [0.4, 0.5) is 0 Å². The number of nitrogens with zero attached hydrogens (tertiary/aromatic N) is 1. The fourth-order valence-corrected chi connectivity index (χ4v) is 3.40. The normalized spacial score (nSPS) is 30.8. The number of carbonyl (C=O) groups excluding carboxylic acids is 1. The number of amides is 1. The molecule has 2 saturated heterocycles. The van der Waals surface area contributed by atoms with Crippen molar-refractivity contribution >= 4 is 5.91 Å². The first kappa shape index (κ1) is 11.8. The average Bonchev–Trinajstić information content (AvgIpc) is 3.05. The van der Waals surface area contributed by atoms with Crippen LogP contribution < -0.4 is 5.32 Å². The van der Waals surface area contributed by atoms with E-state index in [4.69, 9.17) is 4.42 Å². The van der Waals surface area contributed by atoms with E-state index in [1.165, 1.54) is 0 Å². The van der Waals surface area contributed by atoms with E-state index in [2.05, 4.69) is 12.2 Å². The summed E-state index contributed by atoms with van der Waals surface area (Å²) in [6.07, 6.45) is 2.39. The van der Waals surface area contributed by atoms with Crippen molar-refractivity contribution in [1.29, 1.82) is 0 Å². The Labute approximate surface area is 107 Å². The Morgan fingerprint density at radius 1 is 1.56 bits per heavy atom. The smallest absolute Gasteiger partial charge is 0.257 e. The molecule has 4 heteroatoms. The van der Waals surface area contributed by atoms with Crippen molar-refractivity contribution in [3.05, 3.63) is 23.7 Å². The summed E-state index contributed by atoms with van der Waals surface area (Å²) in [4.78, 5) is 14.6. The second-order valence-corrected chi connectivity index (χ2v) is 5.39. The lowest BCUT2D eigenvalue weighted by Crippen LogP contribution is -2.38. The quantitative estimate of drug-likeness (QED) is 0.863. The summed E-state index contributed by atoms with van der Waals surface area (Å²) < 4.78 is 5.36. The van der Waals surface area contributed by atoms with E-state index in [-0.39, 0.29) is 5.91 Å². The van der Waals surface area contributed by atoms with Crippen molar-refractivity contribution in [2.24, 2.45) is 11.8 Å². The lowest BCUT2D eigenvalue weighted by Gasteiger charge is -2.24. The van der Waals surface area contributed by atoms with Gasteiger partial charge in [-0.25, -0.2) is 0 Å². The molecule has 3 heterocycles. The number of rotatable bonds is 2. The zero-order valence-corrected chi connectivity index (χ0v) is 11.0. The summed E-state index contributed by atoms with van der Waals surface area (Å²) in [6.45, 7) is 7.15. The van der Waals surface area contributed by atoms with Gasteiger partial charge in [0, 0.05) is 32.1 Å². The number of hydrogen-bond acceptors (Lipinski definition) is 3. The lowest BCUT2D eigenvalue weighted by atomic mass is 9.95. The first-order chi connectivity index (χ1) is 8.72. The maximum Gasteiger partial charge on any atom is 0.257 e. The summed E-state index contributed by atoms with van der Waals surface area (Å²) in [5.41, 5.74) is 0.747. The highest BCUT2D eigenvalue weighted by Gasteiger charge is 2.44. The Hall–Kier alpha value is -1.29. The first-order valence-corrected chi connectivity index (χ1v) is 6.80. The van der Waals surface area contributed by atoms with Crippen LogP contribution in [0.5, 0.6) is 0 Å². The van der Waals surface area contributed by atoms with E-state index in [0.717, 1.165) is 37.4 Å². The van der Waals surface area contributed by atoms with Crippen LogP contribution in [0.1, 0.15) is 30.0 Å². The average molecular weight is 248 g/mol. The molecule has 1 aromatic heterocycles. The Bertz CT molecular complexity index is 454. The van der Waals surface area contributed by atoms with Gasteiger partial charge >= 0.3 is 0 Å². The van der Waals surface area contributed by atoms with Gasteiger partial charge in [0.25, 0.3) is 5.91 Å². The molecule has 0 bridgehead atoms. The largest absolute Gasteiger partial charge is 0.469 e. The molecule has 98 valence electrons. The molecule has 0 aromatic carbocycles. The van der Waals surface area contributed by atoms with Crippen molar-refractivity contribution in [1.82, 2.24) is 10.2 Å². The van der Waals surface area contributed by atoms with Gasteiger partial charge < -0.3 is 14.6 Å². The molecule has 0 radical (unpaired) electrons. The van der Waals surface area contributed by atoms with Crippen LogP contribution in [0, 0.1) is 11.8 Å². The van der Waals surface area contributed by atoms with Gasteiger partial charge in [-0.05, 0) is 24.8 Å². The minimum atomic E-state index is 0.141. The molecule has 1 N–H and O–H groups in total. The molecule has 1 amide bonds. The minimum absolute atomic E-state index is 0.141. The molecule has 18 heavy (non-hydrogen) atoms. The maximum atomic E-state index is 12.6. The van der Waals surface area contributed by atoms with E-state index >= 15 is 0 Å². The Balaban J connectivity index is 1.81. The minimum Gasteiger partial charge on any atom is -0.469 e. The molecule has 2 fully saturated rings. The van der Waals surface area contributed by atoms with Crippen molar-refractivity contribution in [3.63, 3.8) is 0 Å². The highest BCUT2D eigenvalue weighted by atomic mass is 16.3. The van der Waals surface area contributed by atoms with Crippen LogP contribution in [0.3, 0.4) is 0 Å². The molecule has 0 saturated carbocycles. The Morgan fingerprint density at radius 2 is 2.39 bits per heavy atom. The van der Waals surface area contributed by atoms with Crippen LogP contribution in [-0.2, 0) is 6.42 Å². The van der Waals surface area contributed by atoms with Crippen LogP contribution >= 0.6 is 0 Å². The van der Waals surface area contributed by atoms with Crippen LogP contribution in [0.2, 0.25) is 0 Å². The third kappa shape index (κ3) is 1.67. The van der Waals surface area contributed by atoms with Gasteiger partial charge in [0.05, 0.1) is 11.8 Å². The second kappa shape index (κ2) is 4.43. The molecule has 0 aliphatic carbocycles. The predicted molar refractivity (Wildman–Crippen MR) is 68.4 cm³/mol. The molecule has 3 rings (SSSR count). The molecular formula is C14H20N2O2. The van der Waals surface area contributed by atoms with Crippen molar-refractivity contribution in [2.75, 3.05) is 19.6 Å². The SMILES string of the molecule is CCc1occc1C(=O)N1CC2CNCC2C1C. The fourth-order valence-electron chi connectivity index (χ4n) is 3.40. The van der Waals surface area contributed by atoms with Crippen molar-refractivity contribution in [2.45, 2.75) is 26.3 Å². The predicted octanol–water partition coefficient (Wildman–Crippen LogP) is 1.52. The number of carbonyl (C=O) groups is 1. The van der Waals surface area contributed by atoms with Gasteiger partial charge in [-0.2, -0.15) is 0 Å². The van der Waals surface area contributed by atoms with Crippen LogP contribution in [0.25, 0.3) is 0 Å². The number of fused-ring (bicyclic) bond motifs is 1. The third-order valence-corrected chi connectivity index (χ3v) is 4.49. The molecule has 3 atom stereocenters. The van der Waals surface area contributed by atoms with Gasteiger partial charge in [-0.1, -0.05) is 6.92 Å². The number of aryl methyl sites for hydroxylation is 1. The Kier molecular flexibility index (Phi) is 2.90. The molecular weight excluding hydrogens is 228 g/mol. The number of likely N-dealkylation sites (tertiary alicyclic amines) is 1. The highest BCUT2D eigenvalue weighted by Crippen LogP contribution is 2.33. The summed E-state index contributed by atoms with van der Waals surface area (Å²) in [7, 11) is 0. The van der Waals surface area contributed by atoms with Gasteiger partial charge in [-0.15, -0.1) is 0 Å². The van der Waals surface area contributed by atoms with Gasteiger partial charge in [-0.3, -0.25) is 4.79 Å². The van der Waals surface area contributed by atoms with E-state index in [9.17, 15) is 4.79 Å². The zero-order chi connectivity index (χ0) is 12.7. The maximum absolute atomic E-state index is 12.6. The molecule has 0 spiro atoms. The van der Waals surface area contributed by atoms with E-state index in [1.54, 1.807) is 12.3 Å². The van der Waals surface area contributed by atoms with E-state index in [0.29, 0.717) is 17.9 Å². The molecule has 3 unspecified atom stereocenters. The van der Waals surface area contributed by atoms with Crippen LogP contribution in [0.15, 0.2) is 16.7 Å². The van der Waals surface area contributed by atoms with Gasteiger partial charge in [0.2, 0.25) is 0 Å². The number of hydrogen-bond donors (Lipinski definition) is 1. The summed E-state index contributed by atoms with van der Waals surface area (Å²) in [5.74, 6) is 2.19. The first-order valence-electron chi connectivity index (χ1n) is 6.80. The molecule has 2 aliphatic rings. The Morgan fingerprint density at radius 3 is 3.11 bits per heavy atom. The summed E-state index contributed by atoms with van der Waals surface area (Å²) in [6, 6.07) is 2.14. The second-order valence-electron chi connectivity index (χ2n) is 5.39. The summed E-state index contributed by atoms with van der Waals surface area (Å²) in [5, 5.41) is 3.42. The topological polar surface area (TPSA) is 45.5 Å². The number of nitrogens with one attached hydrogen (secondary N) is 1. The standard InChI is InChI=1S/C14H20N2O2/c1-3-13-11(4-5-18-13)14(17)16-8-10-6-15-7-12(10)9(16)2/h4-5,9-10,12,15H,3,6-8H2,1-2H3.